The molecule has 4 rings (SSSR count). The van der Waals surface area contributed by atoms with Crippen molar-refractivity contribution in [2.24, 2.45) is 0 Å². The van der Waals surface area contributed by atoms with E-state index in [2.05, 4.69) is 15.3 Å². The zero-order chi connectivity index (χ0) is 20.5. The summed E-state index contributed by atoms with van der Waals surface area (Å²) in [5, 5.41) is 3.50. The summed E-state index contributed by atoms with van der Waals surface area (Å²) in [4.78, 5) is 33.9. The lowest BCUT2D eigenvalue weighted by Gasteiger charge is -2.11. The van der Waals surface area contributed by atoms with Crippen LogP contribution in [0.4, 0.5) is 5.69 Å². The molecule has 0 atom stereocenters. The number of para-hydroxylation sites is 2. The molecule has 0 unspecified atom stereocenters. The lowest BCUT2D eigenvalue weighted by Crippen LogP contribution is -2.13. The van der Waals surface area contributed by atoms with Crippen molar-refractivity contribution >= 4 is 62.8 Å². The van der Waals surface area contributed by atoms with Crippen molar-refractivity contribution in [2.75, 3.05) is 12.4 Å². The number of ether oxygens (including phenoxy) is 1. The molecule has 0 saturated carbocycles. The van der Waals surface area contributed by atoms with Gasteiger partial charge in [0.1, 0.15) is 11.0 Å². The Morgan fingerprint density at radius 3 is 2.31 bits per heavy atom. The van der Waals surface area contributed by atoms with Crippen LogP contribution in [0.2, 0.25) is 10.0 Å². The Morgan fingerprint density at radius 1 is 0.897 bits per heavy atom. The minimum atomic E-state index is -0.494. The van der Waals surface area contributed by atoms with Crippen molar-refractivity contribution < 1.29 is 14.3 Å². The second-order valence-corrected chi connectivity index (χ2v) is 6.98. The van der Waals surface area contributed by atoms with Crippen LogP contribution >= 0.6 is 23.2 Å². The Labute approximate surface area is 175 Å². The number of esters is 1. The molecular weight excluding hydrogens is 413 g/mol. The van der Waals surface area contributed by atoms with Gasteiger partial charge in [0.2, 0.25) is 0 Å². The van der Waals surface area contributed by atoms with Gasteiger partial charge in [-0.15, -0.1) is 0 Å². The summed E-state index contributed by atoms with van der Waals surface area (Å²) < 4.78 is 4.82. The summed E-state index contributed by atoms with van der Waals surface area (Å²) >= 11 is 12.0. The van der Waals surface area contributed by atoms with Crippen LogP contribution in [0.15, 0.2) is 54.6 Å². The molecule has 144 valence electrons. The fourth-order valence-electron chi connectivity index (χ4n) is 2.96. The maximum absolute atomic E-state index is 12.7. The first-order chi connectivity index (χ1) is 14.0. The van der Waals surface area contributed by atoms with Crippen molar-refractivity contribution in [1.29, 1.82) is 0 Å². The largest absolute Gasteiger partial charge is 0.465 e. The van der Waals surface area contributed by atoms with Gasteiger partial charge in [0.05, 0.1) is 40.0 Å². The molecule has 4 aromatic rings. The number of methoxy groups -OCH3 is 1. The molecular formula is C21H13Cl2N3O3. The number of anilines is 1. The summed E-state index contributed by atoms with van der Waals surface area (Å²) in [7, 11) is 1.31. The van der Waals surface area contributed by atoms with Crippen LogP contribution in [0.1, 0.15) is 20.7 Å². The zero-order valence-electron chi connectivity index (χ0n) is 15.1. The fraction of sp³-hybridized carbons (Fsp3) is 0.0476. The third-order valence-electron chi connectivity index (χ3n) is 4.32. The molecule has 0 aliphatic carbocycles. The average molecular weight is 426 g/mol. The van der Waals surface area contributed by atoms with Crippen molar-refractivity contribution in [3.63, 3.8) is 0 Å². The molecule has 0 spiro atoms. The van der Waals surface area contributed by atoms with Crippen LogP contribution in [0.25, 0.3) is 22.1 Å². The van der Waals surface area contributed by atoms with Gasteiger partial charge < -0.3 is 10.1 Å². The molecule has 29 heavy (non-hydrogen) atoms. The molecule has 0 aliphatic heterocycles. The number of benzene rings is 3. The molecule has 3 aromatic carbocycles. The van der Waals surface area contributed by atoms with Gasteiger partial charge in [-0.3, -0.25) is 4.79 Å². The number of nitrogens with zero attached hydrogens (tertiary/aromatic N) is 2. The number of halogens is 2. The SMILES string of the molecule is COC(=O)c1cccc2nc3c(NC(=O)c4ccc(Cl)cc4Cl)cccc3nc12. The van der Waals surface area contributed by atoms with Crippen LogP contribution in [0.5, 0.6) is 0 Å². The summed E-state index contributed by atoms with van der Waals surface area (Å²) in [6.45, 7) is 0. The number of amides is 1. The highest BCUT2D eigenvalue weighted by atomic mass is 35.5. The number of carbonyl (C=O) groups is 2. The minimum Gasteiger partial charge on any atom is -0.465 e. The summed E-state index contributed by atoms with van der Waals surface area (Å²) in [6.07, 6.45) is 0. The Balaban J connectivity index is 1.80. The minimum absolute atomic E-state index is 0.245. The van der Waals surface area contributed by atoms with Crippen molar-refractivity contribution in [1.82, 2.24) is 9.97 Å². The monoisotopic (exact) mass is 425 g/mol. The summed E-state index contributed by atoms with van der Waals surface area (Å²) in [5.74, 6) is -0.893. The van der Waals surface area contributed by atoms with Crippen LogP contribution in [-0.4, -0.2) is 29.0 Å². The molecule has 0 saturated heterocycles. The molecule has 1 aromatic heterocycles. The topological polar surface area (TPSA) is 81.2 Å². The Kier molecular flexibility index (Phi) is 5.05. The number of rotatable bonds is 3. The van der Waals surface area contributed by atoms with E-state index >= 15 is 0 Å². The number of hydrogen-bond acceptors (Lipinski definition) is 5. The number of hydrogen-bond donors (Lipinski definition) is 1. The highest BCUT2D eigenvalue weighted by molar-refractivity contribution is 6.37. The first-order valence-electron chi connectivity index (χ1n) is 8.52. The normalized spacial score (nSPS) is 10.9. The average Bonchev–Trinajstić information content (AvgIpc) is 2.71. The first-order valence-corrected chi connectivity index (χ1v) is 9.28. The molecule has 0 fully saturated rings. The third kappa shape index (κ3) is 3.60. The molecule has 1 amide bonds. The number of aromatic nitrogens is 2. The van der Waals surface area contributed by atoms with E-state index in [0.717, 1.165) is 0 Å². The van der Waals surface area contributed by atoms with Crippen LogP contribution < -0.4 is 5.32 Å². The van der Waals surface area contributed by atoms with Gasteiger partial charge >= 0.3 is 5.97 Å². The van der Waals surface area contributed by atoms with Crippen LogP contribution in [-0.2, 0) is 4.74 Å². The number of nitrogens with one attached hydrogen (secondary N) is 1. The lowest BCUT2D eigenvalue weighted by molar-refractivity contribution is 0.0602. The maximum Gasteiger partial charge on any atom is 0.340 e. The predicted octanol–water partition coefficient (Wildman–Crippen LogP) is 5.13. The molecule has 1 heterocycles. The van der Waals surface area contributed by atoms with Gasteiger partial charge in [-0.1, -0.05) is 35.3 Å². The molecule has 0 radical (unpaired) electrons. The predicted molar refractivity (Wildman–Crippen MR) is 113 cm³/mol. The van der Waals surface area contributed by atoms with E-state index in [9.17, 15) is 9.59 Å². The number of fused-ring (bicyclic) bond motifs is 2. The van der Waals surface area contributed by atoms with Crippen molar-refractivity contribution in [3.8, 4) is 0 Å². The third-order valence-corrected chi connectivity index (χ3v) is 4.87. The van der Waals surface area contributed by atoms with Gasteiger partial charge in [-0.25, -0.2) is 14.8 Å². The van der Waals surface area contributed by atoms with E-state index in [1.165, 1.54) is 13.2 Å². The van der Waals surface area contributed by atoms with Crippen molar-refractivity contribution in [3.05, 3.63) is 75.8 Å². The Bertz CT molecular complexity index is 1290. The van der Waals surface area contributed by atoms with Gasteiger partial charge in [0.25, 0.3) is 5.91 Å². The van der Waals surface area contributed by atoms with Gasteiger partial charge in [-0.05, 0) is 42.5 Å². The smallest absolute Gasteiger partial charge is 0.340 e. The van der Waals surface area contributed by atoms with E-state index in [4.69, 9.17) is 27.9 Å². The molecule has 8 heteroatoms. The molecule has 0 bridgehead atoms. The highest BCUT2D eigenvalue weighted by Crippen LogP contribution is 2.27. The van der Waals surface area contributed by atoms with E-state index < -0.39 is 11.9 Å². The Morgan fingerprint density at radius 2 is 1.59 bits per heavy atom. The summed E-state index contributed by atoms with van der Waals surface area (Å²) in [6, 6.07) is 14.9. The molecule has 0 aliphatic rings. The molecule has 1 N–H and O–H groups in total. The van der Waals surface area contributed by atoms with E-state index in [1.54, 1.807) is 48.5 Å². The fourth-order valence-corrected chi connectivity index (χ4v) is 3.45. The van der Waals surface area contributed by atoms with E-state index in [0.29, 0.717) is 38.3 Å². The standard InChI is InChI=1S/C21H13Cl2N3O3/c1-29-21(28)13-4-2-5-15-18(13)24-16-6-3-7-17(19(16)25-15)26-20(27)12-9-8-11(22)10-14(12)23/h2-10H,1H3,(H,26,27). The van der Waals surface area contributed by atoms with Gasteiger partial charge in [0, 0.05) is 5.02 Å². The summed E-state index contributed by atoms with van der Waals surface area (Å²) in [5.41, 5.74) is 3.02. The maximum atomic E-state index is 12.7. The second kappa shape index (κ2) is 7.66. The Hall–Kier alpha value is -3.22. The van der Waals surface area contributed by atoms with Crippen LogP contribution in [0.3, 0.4) is 0 Å². The van der Waals surface area contributed by atoms with Crippen molar-refractivity contribution in [2.45, 2.75) is 0 Å². The van der Waals surface area contributed by atoms with Gasteiger partial charge in [0.15, 0.2) is 0 Å². The molecule has 6 nitrogen and oxygen atoms in total. The van der Waals surface area contributed by atoms with Gasteiger partial charge in [-0.2, -0.15) is 0 Å². The highest BCUT2D eigenvalue weighted by Gasteiger charge is 2.16. The zero-order valence-corrected chi connectivity index (χ0v) is 16.6. The van der Waals surface area contributed by atoms with E-state index in [1.807, 2.05) is 0 Å². The first kappa shape index (κ1) is 19.1. The lowest BCUT2D eigenvalue weighted by atomic mass is 10.1. The van der Waals surface area contributed by atoms with E-state index in [-0.39, 0.29) is 10.6 Å². The second-order valence-electron chi connectivity index (χ2n) is 6.14. The van der Waals surface area contributed by atoms with Crippen LogP contribution in [0, 0.1) is 0 Å². The number of carbonyl (C=O) groups excluding carboxylic acids is 2. The quantitative estimate of drug-likeness (QED) is 0.363.